The minimum absolute atomic E-state index is 0.112. The van der Waals surface area contributed by atoms with Crippen LogP contribution in [-0.2, 0) is 16.1 Å². The van der Waals surface area contributed by atoms with E-state index in [2.05, 4.69) is 34.3 Å². The summed E-state index contributed by atoms with van der Waals surface area (Å²) < 4.78 is 15.4. The number of H-pyrrole nitrogens is 1. The van der Waals surface area contributed by atoms with E-state index in [0.29, 0.717) is 11.6 Å². The third kappa shape index (κ3) is 5.05. The second kappa shape index (κ2) is 9.98. The molecule has 3 aromatic rings. The zero-order valence-corrected chi connectivity index (χ0v) is 19.0. The smallest absolute Gasteiger partial charge is 0.342 e. The molecule has 1 aliphatic heterocycles. The average Bonchev–Trinajstić information content (AvgIpc) is 3.43. The maximum Gasteiger partial charge on any atom is 0.343 e. The van der Waals surface area contributed by atoms with Crippen molar-refractivity contribution in [2.24, 2.45) is 0 Å². The van der Waals surface area contributed by atoms with Gasteiger partial charge in [-0.25, -0.2) is 14.3 Å². The van der Waals surface area contributed by atoms with E-state index in [1.807, 2.05) is 42.5 Å². The fraction of sp³-hybridized carbons (Fsp3) is 0.375. The number of nitrogens with one attached hydrogen (secondary N) is 2. The van der Waals surface area contributed by atoms with Gasteiger partial charge in [-0.3, -0.25) is 19.1 Å². The van der Waals surface area contributed by atoms with Crippen molar-refractivity contribution in [2.45, 2.75) is 51.0 Å². The van der Waals surface area contributed by atoms with Gasteiger partial charge in [0, 0.05) is 12.6 Å². The minimum Gasteiger partial charge on any atom is -0.342 e. The molecule has 2 amide bonds. The second-order valence-corrected chi connectivity index (χ2v) is 8.71. The maximum atomic E-state index is 14.3. The van der Waals surface area contributed by atoms with Crippen LogP contribution < -0.4 is 11.0 Å². The van der Waals surface area contributed by atoms with Crippen LogP contribution in [0.5, 0.6) is 0 Å². The first-order valence-corrected chi connectivity index (χ1v) is 11.2. The summed E-state index contributed by atoms with van der Waals surface area (Å²) in [5.41, 5.74) is 1.98. The number of aromatic nitrogens is 4. The SMILES string of the molecule is CC(C)c1ccc(C(NC(=O)C2CC(F)CN2C(=O)Cn2cn[nH]c2=O)c2ccccc2)nc1. The minimum atomic E-state index is -1.33. The zero-order valence-electron chi connectivity index (χ0n) is 19.0. The second-order valence-electron chi connectivity index (χ2n) is 8.71. The zero-order chi connectivity index (χ0) is 24.2. The number of alkyl halides is 1. The first-order valence-electron chi connectivity index (χ1n) is 11.2. The van der Waals surface area contributed by atoms with Crippen LogP contribution in [0.4, 0.5) is 4.39 Å². The van der Waals surface area contributed by atoms with Crippen molar-refractivity contribution >= 4 is 11.8 Å². The van der Waals surface area contributed by atoms with Crippen molar-refractivity contribution in [1.29, 1.82) is 0 Å². The van der Waals surface area contributed by atoms with Gasteiger partial charge in [-0.15, -0.1) is 0 Å². The molecule has 34 heavy (non-hydrogen) atoms. The number of halogens is 1. The molecule has 9 nitrogen and oxygen atoms in total. The Balaban J connectivity index is 1.56. The van der Waals surface area contributed by atoms with Crippen molar-refractivity contribution in [3.63, 3.8) is 0 Å². The van der Waals surface area contributed by atoms with Gasteiger partial charge in [0.05, 0.1) is 18.3 Å². The predicted octanol–water partition coefficient (Wildman–Crippen LogP) is 1.93. The Labute approximate surface area is 196 Å². The number of nitrogens with zero attached hydrogens (tertiary/aromatic N) is 4. The van der Waals surface area contributed by atoms with Gasteiger partial charge < -0.3 is 10.2 Å². The van der Waals surface area contributed by atoms with E-state index < -0.39 is 35.8 Å². The van der Waals surface area contributed by atoms with Gasteiger partial charge in [0.2, 0.25) is 11.8 Å². The third-order valence-corrected chi connectivity index (χ3v) is 5.99. The summed E-state index contributed by atoms with van der Waals surface area (Å²) >= 11 is 0. The fourth-order valence-electron chi connectivity index (χ4n) is 4.07. The Morgan fingerprint density at radius 3 is 2.56 bits per heavy atom. The Bertz CT molecular complexity index is 1190. The van der Waals surface area contributed by atoms with Crippen LogP contribution in [0, 0.1) is 0 Å². The summed E-state index contributed by atoms with van der Waals surface area (Å²) in [6.45, 7) is 3.61. The molecule has 1 saturated heterocycles. The monoisotopic (exact) mass is 466 g/mol. The number of amides is 2. The summed E-state index contributed by atoms with van der Waals surface area (Å²) in [6, 6.07) is 11.6. The molecule has 1 aliphatic rings. The summed E-state index contributed by atoms with van der Waals surface area (Å²) in [5, 5.41) is 8.76. The normalized spacial score (nSPS) is 18.8. The van der Waals surface area contributed by atoms with Crippen LogP contribution in [-0.4, -0.2) is 55.2 Å². The van der Waals surface area contributed by atoms with E-state index in [4.69, 9.17) is 0 Å². The van der Waals surface area contributed by atoms with Crippen molar-refractivity contribution in [3.05, 3.63) is 82.3 Å². The molecule has 1 fully saturated rings. The number of rotatable bonds is 7. The van der Waals surface area contributed by atoms with Gasteiger partial charge >= 0.3 is 5.69 Å². The average molecular weight is 467 g/mol. The molecule has 3 heterocycles. The highest BCUT2D eigenvalue weighted by atomic mass is 19.1. The van der Waals surface area contributed by atoms with E-state index in [-0.39, 0.29) is 19.5 Å². The fourth-order valence-corrected chi connectivity index (χ4v) is 4.07. The number of aromatic amines is 1. The van der Waals surface area contributed by atoms with Gasteiger partial charge in [0.1, 0.15) is 25.1 Å². The van der Waals surface area contributed by atoms with Crippen LogP contribution in [0.1, 0.15) is 49.0 Å². The van der Waals surface area contributed by atoms with Gasteiger partial charge in [-0.1, -0.05) is 50.2 Å². The number of carbonyl (C=O) groups excluding carboxylic acids is 2. The molecule has 10 heteroatoms. The van der Waals surface area contributed by atoms with Gasteiger partial charge in [-0.05, 0) is 23.1 Å². The molecule has 0 bridgehead atoms. The largest absolute Gasteiger partial charge is 0.343 e. The first kappa shape index (κ1) is 23.3. The molecular formula is C24H27FN6O3. The van der Waals surface area contributed by atoms with Crippen molar-refractivity contribution in [3.8, 4) is 0 Å². The predicted molar refractivity (Wildman–Crippen MR) is 123 cm³/mol. The van der Waals surface area contributed by atoms with E-state index in [1.165, 1.54) is 11.2 Å². The molecule has 2 N–H and O–H groups in total. The molecule has 3 atom stereocenters. The van der Waals surface area contributed by atoms with Crippen molar-refractivity contribution in [1.82, 2.24) is 30.0 Å². The number of hydrogen-bond donors (Lipinski definition) is 2. The topological polar surface area (TPSA) is 113 Å². The highest BCUT2D eigenvalue weighted by Crippen LogP contribution is 2.25. The summed E-state index contributed by atoms with van der Waals surface area (Å²) in [4.78, 5) is 43.6. The molecule has 178 valence electrons. The molecule has 0 aliphatic carbocycles. The van der Waals surface area contributed by atoms with E-state index in [0.717, 1.165) is 15.7 Å². The van der Waals surface area contributed by atoms with E-state index >= 15 is 0 Å². The van der Waals surface area contributed by atoms with Crippen LogP contribution >= 0.6 is 0 Å². The van der Waals surface area contributed by atoms with Crippen LogP contribution in [0.3, 0.4) is 0 Å². The standard InChI is InChI=1S/C24H27FN6O3/c1-15(2)17-8-9-19(26-11-17)22(16-6-4-3-5-7-16)28-23(33)20-10-18(25)12-31(20)21(32)13-30-14-27-29-24(30)34/h3-9,11,14-15,18,20,22H,10,12-13H2,1-2H3,(H,28,33)(H,29,34). The van der Waals surface area contributed by atoms with Gasteiger partial charge in [-0.2, -0.15) is 5.10 Å². The van der Waals surface area contributed by atoms with Crippen LogP contribution in [0.2, 0.25) is 0 Å². The lowest BCUT2D eigenvalue weighted by Crippen LogP contribution is -2.48. The molecule has 3 unspecified atom stereocenters. The quantitative estimate of drug-likeness (QED) is 0.553. The highest BCUT2D eigenvalue weighted by Gasteiger charge is 2.40. The summed E-state index contributed by atoms with van der Waals surface area (Å²) in [5.74, 6) is -0.690. The Kier molecular flexibility index (Phi) is 6.85. The first-order chi connectivity index (χ1) is 16.3. The molecule has 2 aromatic heterocycles. The summed E-state index contributed by atoms with van der Waals surface area (Å²) in [6.07, 6.45) is 1.53. The van der Waals surface area contributed by atoms with Crippen LogP contribution in [0.15, 0.2) is 59.8 Å². The number of carbonyl (C=O) groups is 2. The molecule has 1 aromatic carbocycles. The van der Waals surface area contributed by atoms with Gasteiger partial charge in [0.15, 0.2) is 0 Å². The maximum absolute atomic E-state index is 14.3. The van der Waals surface area contributed by atoms with Gasteiger partial charge in [0.25, 0.3) is 0 Å². The lowest BCUT2D eigenvalue weighted by molar-refractivity contribution is -0.139. The molecule has 0 spiro atoms. The Morgan fingerprint density at radius 2 is 1.94 bits per heavy atom. The molecular weight excluding hydrogens is 439 g/mol. The van der Waals surface area contributed by atoms with Crippen molar-refractivity contribution < 1.29 is 14.0 Å². The van der Waals surface area contributed by atoms with E-state index in [9.17, 15) is 18.8 Å². The lowest BCUT2D eigenvalue weighted by Gasteiger charge is -2.26. The third-order valence-electron chi connectivity index (χ3n) is 5.99. The highest BCUT2D eigenvalue weighted by molar-refractivity contribution is 5.88. The van der Waals surface area contributed by atoms with Crippen molar-refractivity contribution in [2.75, 3.05) is 6.54 Å². The van der Waals surface area contributed by atoms with Crippen LogP contribution in [0.25, 0.3) is 0 Å². The number of hydrogen-bond acceptors (Lipinski definition) is 5. The Morgan fingerprint density at radius 1 is 1.18 bits per heavy atom. The van der Waals surface area contributed by atoms with E-state index in [1.54, 1.807) is 6.20 Å². The number of likely N-dealkylation sites (tertiary alicyclic amines) is 1. The molecule has 0 saturated carbocycles. The molecule has 0 radical (unpaired) electrons. The Hall–Kier alpha value is -3.82. The number of pyridine rings is 1. The lowest BCUT2D eigenvalue weighted by atomic mass is 10.00. The molecule has 4 rings (SSSR count). The summed E-state index contributed by atoms with van der Waals surface area (Å²) in [7, 11) is 0. The number of benzene rings is 1.